The smallest absolute Gasteiger partial charge is 0.214 e. The van der Waals surface area contributed by atoms with Crippen LogP contribution in [0.25, 0.3) is 0 Å². The molecule has 0 aliphatic carbocycles. The van der Waals surface area contributed by atoms with Crippen LogP contribution in [0.5, 0.6) is 11.5 Å². The molecule has 4 atom stereocenters. The molecule has 1 aromatic rings. The van der Waals surface area contributed by atoms with Gasteiger partial charge in [-0.25, -0.2) is 0 Å². The van der Waals surface area contributed by atoms with Crippen molar-refractivity contribution >= 4 is 5.90 Å². The van der Waals surface area contributed by atoms with Crippen molar-refractivity contribution in [2.45, 2.75) is 32.2 Å². The molecule has 8 heteroatoms. The van der Waals surface area contributed by atoms with E-state index in [1.807, 2.05) is 19.1 Å². The summed E-state index contributed by atoms with van der Waals surface area (Å²) in [6.45, 7) is 3.45. The summed E-state index contributed by atoms with van der Waals surface area (Å²) in [6.07, 6.45) is -0.757. The number of nitriles is 3. The van der Waals surface area contributed by atoms with E-state index in [4.69, 9.17) is 24.4 Å². The van der Waals surface area contributed by atoms with Gasteiger partial charge in [0.25, 0.3) is 0 Å². The van der Waals surface area contributed by atoms with Crippen LogP contribution in [0.15, 0.2) is 18.2 Å². The van der Waals surface area contributed by atoms with E-state index in [-0.39, 0.29) is 0 Å². The maximum Gasteiger partial charge on any atom is 0.214 e. The highest BCUT2D eigenvalue weighted by Gasteiger charge is 2.78. The molecule has 0 spiro atoms. The van der Waals surface area contributed by atoms with Crippen LogP contribution in [-0.2, 0) is 9.47 Å². The van der Waals surface area contributed by atoms with E-state index in [2.05, 4.69) is 6.07 Å². The molecule has 0 aromatic heterocycles. The van der Waals surface area contributed by atoms with E-state index in [9.17, 15) is 15.8 Å². The van der Waals surface area contributed by atoms with Gasteiger partial charge in [0.05, 0.1) is 38.3 Å². The second kappa shape index (κ2) is 6.41. The number of nitrogens with one attached hydrogen (secondary N) is 1. The quantitative estimate of drug-likeness (QED) is 0.848. The minimum absolute atomic E-state index is 0.395. The summed E-state index contributed by atoms with van der Waals surface area (Å²) in [5.74, 6) is -1.50. The predicted molar refractivity (Wildman–Crippen MR) is 96.1 cm³/mol. The van der Waals surface area contributed by atoms with Gasteiger partial charge in [-0.15, -0.1) is 0 Å². The minimum Gasteiger partial charge on any atom is -0.497 e. The van der Waals surface area contributed by atoms with Gasteiger partial charge in [0.2, 0.25) is 17.1 Å². The van der Waals surface area contributed by atoms with Crippen molar-refractivity contribution in [3.63, 3.8) is 0 Å². The second-order valence-corrected chi connectivity index (χ2v) is 7.00. The van der Waals surface area contributed by atoms with Crippen molar-refractivity contribution in [2.75, 3.05) is 14.2 Å². The molecule has 1 aromatic carbocycles. The Morgan fingerprint density at radius 3 is 2.07 bits per heavy atom. The highest BCUT2D eigenvalue weighted by molar-refractivity contribution is 5.89. The molecule has 28 heavy (non-hydrogen) atoms. The highest BCUT2D eigenvalue weighted by Crippen LogP contribution is 2.67. The topological polar surface area (TPSA) is 132 Å². The molecule has 2 bridgehead atoms. The maximum absolute atomic E-state index is 10.1. The van der Waals surface area contributed by atoms with Crippen molar-refractivity contribution < 1.29 is 18.9 Å². The molecule has 0 radical (unpaired) electrons. The zero-order valence-electron chi connectivity index (χ0n) is 16.1. The van der Waals surface area contributed by atoms with Gasteiger partial charge in [-0.05, 0) is 24.1 Å². The normalized spacial score (nSPS) is 32.4. The first-order valence-corrected chi connectivity index (χ1v) is 8.75. The van der Waals surface area contributed by atoms with E-state index in [0.29, 0.717) is 23.5 Å². The van der Waals surface area contributed by atoms with Crippen LogP contribution in [0.4, 0.5) is 0 Å². The fourth-order valence-corrected chi connectivity index (χ4v) is 4.51. The van der Waals surface area contributed by atoms with Gasteiger partial charge < -0.3 is 18.9 Å². The van der Waals surface area contributed by atoms with Crippen LogP contribution in [0.3, 0.4) is 0 Å². The average molecular weight is 380 g/mol. The standard InChI is InChI=1S/C20H20N4O4/c1-5-15-18(2)27-16(12-6-13(25-3)8-14(7-12)26-4)19(9-21,10-22)20(15,11-23)17(24)28-18/h6-8,15-16,24H,5H2,1-4H3. The van der Waals surface area contributed by atoms with Gasteiger partial charge in [0.15, 0.2) is 5.41 Å². The lowest BCUT2D eigenvalue weighted by Crippen LogP contribution is -2.58. The van der Waals surface area contributed by atoms with E-state index in [0.717, 1.165) is 0 Å². The Balaban J connectivity index is 2.33. The summed E-state index contributed by atoms with van der Waals surface area (Å²) >= 11 is 0. The van der Waals surface area contributed by atoms with Crippen molar-refractivity contribution in [3.8, 4) is 29.7 Å². The molecule has 1 N–H and O–H groups in total. The third-order valence-electron chi connectivity index (χ3n) is 5.80. The fraction of sp³-hybridized carbons (Fsp3) is 0.500. The van der Waals surface area contributed by atoms with Crippen molar-refractivity contribution in [3.05, 3.63) is 23.8 Å². The molecule has 3 rings (SSSR count). The number of hydrogen-bond acceptors (Lipinski definition) is 8. The number of benzene rings is 1. The van der Waals surface area contributed by atoms with Crippen LogP contribution in [0.1, 0.15) is 31.9 Å². The Morgan fingerprint density at radius 2 is 1.64 bits per heavy atom. The zero-order chi connectivity index (χ0) is 20.7. The molecule has 2 heterocycles. The molecule has 2 fully saturated rings. The number of ether oxygens (including phenoxy) is 4. The van der Waals surface area contributed by atoms with E-state index >= 15 is 0 Å². The highest BCUT2D eigenvalue weighted by atomic mass is 16.7. The molecule has 8 nitrogen and oxygen atoms in total. The van der Waals surface area contributed by atoms with Crippen molar-refractivity contribution in [1.82, 2.24) is 0 Å². The molecular formula is C20H20N4O4. The average Bonchev–Trinajstić information content (AvgIpc) is 2.89. The minimum atomic E-state index is -1.99. The predicted octanol–water partition coefficient (Wildman–Crippen LogP) is 3.07. The Labute approximate surface area is 163 Å². The second-order valence-electron chi connectivity index (χ2n) is 7.00. The number of fused-ring (bicyclic) bond motifs is 2. The molecule has 0 amide bonds. The fourth-order valence-electron chi connectivity index (χ4n) is 4.51. The van der Waals surface area contributed by atoms with Gasteiger partial charge in [-0.1, -0.05) is 6.92 Å². The third kappa shape index (κ3) is 2.14. The molecule has 0 saturated carbocycles. The SMILES string of the molecule is CCC1C2(C)OC(=N)C1(C#N)C(C#N)(C#N)C(c1cc(OC)cc(OC)c1)O2. The van der Waals surface area contributed by atoms with Crippen molar-refractivity contribution in [2.24, 2.45) is 16.7 Å². The number of methoxy groups -OCH3 is 2. The molecule has 2 saturated heterocycles. The van der Waals surface area contributed by atoms with Crippen LogP contribution in [0.2, 0.25) is 0 Å². The van der Waals surface area contributed by atoms with Gasteiger partial charge in [-0.2, -0.15) is 15.8 Å². The Hall–Kier alpha value is -3.28. The molecule has 4 unspecified atom stereocenters. The third-order valence-corrected chi connectivity index (χ3v) is 5.80. The lowest BCUT2D eigenvalue weighted by atomic mass is 9.53. The summed E-state index contributed by atoms with van der Waals surface area (Å²) in [7, 11) is 2.96. The van der Waals surface area contributed by atoms with Gasteiger partial charge in [-0.3, -0.25) is 5.41 Å². The van der Waals surface area contributed by atoms with Gasteiger partial charge in [0, 0.05) is 13.0 Å². The zero-order valence-corrected chi connectivity index (χ0v) is 16.1. The van der Waals surface area contributed by atoms with E-state index < -0.39 is 34.5 Å². The first kappa shape index (κ1) is 19.5. The summed E-state index contributed by atoms with van der Waals surface area (Å²) in [5.41, 5.74) is -3.33. The lowest BCUT2D eigenvalue weighted by Gasteiger charge is -2.48. The lowest BCUT2D eigenvalue weighted by molar-refractivity contribution is -0.273. The molecule has 2 aliphatic heterocycles. The first-order chi connectivity index (χ1) is 13.3. The summed E-state index contributed by atoms with van der Waals surface area (Å²) < 4.78 is 22.4. The number of nitrogens with zero attached hydrogens (tertiary/aromatic N) is 3. The summed E-state index contributed by atoms with van der Waals surface area (Å²) in [6, 6.07) is 11.0. The summed E-state index contributed by atoms with van der Waals surface area (Å²) in [5, 5.41) is 38.8. The monoisotopic (exact) mass is 380 g/mol. The van der Waals surface area contributed by atoms with Crippen molar-refractivity contribution in [1.29, 1.82) is 21.2 Å². The van der Waals surface area contributed by atoms with Crippen LogP contribution < -0.4 is 9.47 Å². The number of hydrogen-bond donors (Lipinski definition) is 1. The molecule has 144 valence electrons. The summed E-state index contributed by atoms with van der Waals surface area (Å²) in [4.78, 5) is 0. The Morgan fingerprint density at radius 1 is 1.07 bits per heavy atom. The Bertz CT molecular complexity index is 920. The van der Waals surface area contributed by atoms with Gasteiger partial charge >= 0.3 is 0 Å². The van der Waals surface area contributed by atoms with Crippen LogP contribution in [0, 0.1) is 56.2 Å². The first-order valence-electron chi connectivity index (χ1n) is 8.75. The Kier molecular flexibility index (Phi) is 4.46. The largest absolute Gasteiger partial charge is 0.497 e. The maximum atomic E-state index is 10.1. The van der Waals surface area contributed by atoms with E-state index in [1.165, 1.54) is 14.2 Å². The molecular weight excluding hydrogens is 360 g/mol. The van der Waals surface area contributed by atoms with Crippen LogP contribution >= 0.6 is 0 Å². The molecule has 2 aliphatic rings. The van der Waals surface area contributed by atoms with Gasteiger partial charge in [0.1, 0.15) is 17.6 Å². The van der Waals surface area contributed by atoms with Crippen LogP contribution in [-0.4, -0.2) is 25.9 Å². The van der Waals surface area contributed by atoms with E-state index in [1.54, 1.807) is 25.1 Å². The number of rotatable bonds is 4.